The molecule has 1 aromatic heterocycles. The average molecular weight is 481 g/mol. The number of rotatable bonds is 8. The van der Waals surface area contributed by atoms with Crippen LogP contribution in [0, 0.1) is 6.92 Å². The highest BCUT2D eigenvalue weighted by molar-refractivity contribution is 8.18. The van der Waals surface area contributed by atoms with Gasteiger partial charge in [-0.2, -0.15) is 0 Å². The van der Waals surface area contributed by atoms with Crippen molar-refractivity contribution in [2.75, 3.05) is 27.3 Å². The van der Waals surface area contributed by atoms with Crippen LogP contribution in [0.4, 0.5) is 4.79 Å². The average Bonchev–Trinajstić information content (AvgIpc) is 3.33. The monoisotopic (exact) mass is 480 g/mol. The minimum atomic E-state index is -0.393. The first-order chi connectivity index (χ1) is 16.4. The number of methoxy groups -OCH3 is 2. The Labute approximate surface area is 200 Å². The van der Waals surface area contributed by atoms with Crippen molar-refractivity contribution in [2.45, 2.75) is 13.3 Å². The molecule has 3 amide bonds. The normalized spacial score (nSPS) is 14.8. The topological polar surface area (TPSA) is 98.1 Å². The van der Waals surface area contributed by atoms with Gasteiger partial charge in [-0.25, -0.2) is 0 Å². The number of ether oxygens (including phenoxy) is 2. The molecule has 2 aromatic carbocycles. The number of aryl methyl sites for hydroxylation is 1. The smallest absolute Gasteiger partial charge is 0.293 e. The maximum Gasteiger partial charge on any atom is 0.293 e. The Morgan fingerprint density at radius 3 is 2.68 bits per heavy atom. The second kappa shape index (κ2) is 10.0. The van der Waals surface area contributed by atoms with E-state index in [1.807, 2.05) is 25.1 Å². The van der Waals surface area contributed by atoms with Crippen molar-refractivity contribution in [1.82, 2.24) is 10.2 Å². The number of thioether (sulfide) groups is 1. The Morgan fingerprint density at radius 1 is 1.12 bits per heavy atom. The number of benzene rings is 2. The van der Waals surface area contributed by atoms with Crippen molar-refractivity contribution >= 4 is 45.9 Å². The van der Waals surface area contributed by atoms with Crippen LogP contribution in [0.5, 0.6) is 11.5 Å². The molecule has 9 heteroatoms. The lowest BCUT2D eigenvalue weighted by molar-refractivity contribution is -0.124. The summed E-state index contributed by atoms with van der Waals surface area (Å²) in [5.74, 6) is 0.493. The zero-order chi connectivity index (χ0) is 24.2. The van der Waals surface area contributed by atoms with E-state index in [1.54, 1.807) is 37.6 Å². The highest BCUT2D eigenvalue weighted by atomic mass is 32.2. The van der Waals surface area contributed by atoms with Crippen LogP contribution in [0.15, 0.2) is 52.0 Å². The van der Waals surface area contributed by atoms with Gasteiger partial charge in [0.1, 0.15) is 5.58 Å². The van der Waals surface area contributed by atoms with Crippen LogP contribution < -0.4 is 14.8 Å². The standard InChI is InChI=1S/C25H24N2O6S/c1-15-4-6-18-17(14-33-20(18)10-15)13-23(28)26-8-9-27-24(29)22(34-25(27)30)12-16-5-7-19(31-2)21(11-16)32-3/h4-7,10-12,14H,8-9,13H2,1-3H3,(H,26,28)/b22-12+. The highest BCUT2D eigenvalue weighted by Gasteiger charge is 2.34. The molecular weight excluding hydrogens is 456 g/mol. The Balaban J connectivity index is 1.34. The number of nitrogens with one attached hydrogen (secondary N) is 1. The molecular formula is C25H24N2O6S. The predicted octanol–water partition coefficient (Wildman–Crippen LogP) is 4.15. The van der Waals surface area contributed by atoms with E-state index in [-0.39, 0.29) is 30.7 Å². The molecule has 1 N–H and O–H groups in total. The van der Waals surface area contributed by atoms with Crippen LogP contribution in [0.1, 0.15) is 16.7 Å². The van der Waals surface area contributed by atoms with E-state index >= 15 is 0 Å². The summed E-state index contributed by atoms with van der Waals surface area (Å²) in [7, 11) is 3.07. The minimum Gasteiger partial charge on any atom is -0.493 e. The predicted molar refractivity (Wildman–Crippen MR) is 130 cm³/mol. The first kappa shape index (κ1) is 23.4. The first-order valence-electron chi connectivity index (χ1n) is 10.6. The van der Waals surface area contributed by atoms with Gasteiger partial charge < -0.3 is 19.2 Å². The number of carbonyl (C=O) groups excluding carboxylic acids is 3. The zero-order valence-electron chi connectivity index (χ0n) is 19.0. The van der Waals surface area contributed by atoms with Crippen molar-refractivity contribution in [1.29, 1.82) is 0 Å². The van der Waals surface area contributed by atoms with E-state index in [4.69, 9.17) is 13.9 Å². The van der Waals surface area contributed by atoms with Gasteiger partial charge in [0.15, 0.2) is 11.5 Å². The molecule has 0 unspecified atom stereocenters. The van der Waals surface area contributed by atoms with E-state index in [0.29, 0.717) is 22.0 Å². The number of fused-ring (bicyclic) bond motifs is 1. The van der Waals surface area contributed by atoms with Gasteiger partial charge in [0.05, 0.1) is 31.8 Å². The van der Waals surface area contributed by atoms with Crippen molar-refractivity contribution in [2.24, 2.45) is 0 Å². The Bertz CT molecular complexity index is 1300. The number of amides is 3. The Kier molecular flexibility index (Phi) is 6.93. The molecule has 0 radical (unpaired) electrons. The minimum absolute atomic E-state index is 0.0883. The van der Waals surface area contributed by atoms with Crippen LogP contribution in [0.25, 0.3) is 17.0 Å². The van der Waals surface area contributed by atoms with Gasteiger partial charge in [-0.15, -0.1) is 0 Å². The maximum atomic E-state index is 12.7. The van der Waals surface area contributed by atoms with Crippen molar-refractivity contribution < 1.29 is 28.3 Å². The summed E-state index contributed by atoms with van der Waals surface area (Å²) in [4.78, 5) is 38.9. The number of nitrogens with zero attached hydrogens (tertiary/aromatic N) is 1. The van der Waals surface area contributed by atoms with E-state index in [0.717, 1.165) is 38.8 Å². The van der Waals surface area contributed by atoms with Gasteiger partial charge in [-0.3, -0.25) is 19.3 Å². The van der Waals surface area contributed by atoms with Crippen LogP contribution in [-0.4, -0.2) is 49.3 Å². The molecule has 0 aliphatic carbocycles. The summed E-state index contributed by atoms with van der Waals surface area (Å²) in [6.07, 6.45) is 3.37. The molecule has 1 saturated heterocycles. The molecule has 4 rings (SSSR count). The fourth-order valence-electron chi connectivity index (χ4n) is 3.66. The maximum absolute atomic E-state index is 12.7. The van der Waals surface area contributed by atoms with Crippen LogP contribution in [0.2, 0.25) is 0 Å². The molecule has 34 heavy (non-hydrogen) atoms. The lowest BCUT2D eigenvalue weighted by Crippen LogP contribution is -2.37. The fourth-order valence-corrected chi connectivity index (χ4v) is 4.52. The molecule has 0 bridgehead atoms. The number of carbonyl (C=O) groups is 3. The van der Waals surface area contributed by atoms with Gasteiger partial charge >= 0.3 is 0 Å². The zero-order valence-corrected chi connectivity index (χ0v) is 19.9. The van der Waals surface area contributed by atoms with E-state index in [9.17, 15) is 14.4 Å². The third-order valence-electron chi connectivity index (χ3n) is 5.40. The Morgan fingerprint density at radius 2 is 1.91 bits per heavy atom. The molecule has 2 heterocycles. The first-order valence-corrected chi connectivity index (χ1v) is 11.4. The number of hydrogen-bond acceptors (Lipinski definition) is 7. The number of imide groups is 1. The SMILES string of the molecule is COc1ccc(/C=C2/SC(=O)N(CCNC(=O)Cc3coc4cc(C)ccc34)C2=O)cc1OC. The van der Waals surface area contributed by atoms with Gasteiger partial charge in [-0.1, -0.05) is 18.2 Å². The lowest BCUT2D eigenvalue weighted by atomic mass is 10.1. The molecule has 0 atom stereocenters. The second-order valence-electron chi connectivity index (χ2n) is 7.74. The molecule has 8 nitrogen and oxygen atoms in total. The molecule has 1 fully saturated rings. The van der Waals surface area contributed by atoms with Crippen LogP contribution in [0.3, 0.4) is 0 Å². The van der Waals surface area contributed by atoms with Crippen LogP contribution in [-0.2, 0) is 16.0 Å². The summed E-state index contributed by atoms with van der Waals surface area (Å²) in [5, 5.41) is 3.29. The van der Waals surface area contributed by atoms with Crippen LogP contribution >= 0.6 is 11.8 Å². The van der Waals surface area contributed by atoms with E-state index in [1.165, 1.54) is 7.11 Å². The highest BCUT2D eigenvalue weighted by Crippen LogP contribution is 2.34. The summed E-state index contributed by atoms with van der Waals surface area (Å²) >= 11 is 0.867. The molecule has 0 spiro atoms. The third kappa shape index (κ3) is 4.94. The summed E-state index contributed by atoms with van der Waals surface area (Å²) in [5.41, 5.74) is 3.31. The molecule has 1 aliphatic heterocycles. The number of hydrogen-bond donors (Lipinski definition) is 1. The summed E-state index contributed by atoms with van der Waals surface area (Å²) in [6, 6.07) is 11.1. The van der Waals surface area contributed by atoms with Crippen molar-refractivity contribution in [3.8, 4) is 11.5 Å². The largest absolute Gasteiger partial charge is 0.493 e. The molecule has 1 aliphatic rings. The summed E-state index contributed by atoms with van der Waals surface area (Å²) < 4.78 is 16.0. The van der Waals surface area contributed by atoms with Crippen molar-refractivity contribution in [3.05, 3.63) is 64.3 Å². The summed E-state index contributed by atoms with van der Waals surface area (Å²) in [6.45, 7) is 2.22. The fraction of sp³-hybridized carbons (Fsp3) is 0.240. The van der Waals surface area contributed by atoms with Gasteiger partial charge in [0.2, 0.25) is 5.91 Å². The van der Waals surface area contributed by atoms with Gasteiger partial charge in [-0.05, 0) is 54.1 Å². The lowest BCUT2D eigenvalue weighted by Gasteiger charge is -2.13. The van der Waals surface area contributed by atoms with Crippen molar-refractivity contribution in [3.63, 3.8) is 0 Å². The van der Waals surface area contributed by atoms with E-state index in [2.05, 4.69) is 5.32 Å². The third-order valence-corrected chi connectivity index (χ3v) is 6.31. The quantitative estimate of drug-likeness (QED) is 0.484. The molecule has 3 aromatic rings. The number of furan rings is 1. The van der Waals surface area contributed by atoms with Gasteiger partial charge in [0.25, 0.3) is 11.1 Å². The molecule has 176 valence electrons. The second-order valence-corrected chi connectivity index (χ2v) is 8.73. The Hall–Kier alpha value is -3.72. The van der Waals surface area contributed by atoms with E-state index < -0.39 is 5.91 Å². The molecule has 0 saturated carbocycles. The van der Waals surface area contributed by atoms with Gasteiger partial charge in [0, 0.05) is 24.0 Å².